The van der Waals surface area contributed by atoms with Gasteiger partial charge in [-0.05, 0) is 82.9 Å². The predicted molar refractivity (Wildman–Crippen MR) is 170 cm³/mol. The molecule has 0 amide bonds. The van der Waals surface area contributed by atoms with E-state index in [2.05, 4.69) is 0 Å². The van der Waals surface area contributed by atoms with Gasteiger partial charge in [0.1, 0.15) is 22.0 Å². The summed E-state index contributed by atoms with van der Waals surface area (Å²) in [4.78, 5) is 0. The number of sulfone groups is 1. The van der Waals surface area contributed by atoms with E-state index in [0.29, 0.717) is 55.2 Å². The third-order valence-electron chi connectivity index (χ3n) is 6.60. The second-order valence-electron chi connectivity index (χ2n) is 9.24. The Hall–Kier alpha value is -3.91. The lowest BCUT2D eigenvalue weighted by atomic mass is 10.1. The van der Waals surface area contributed by atoms with Gasteiger partial charge in [0.2, 0.25) is 0 Å². The van der Waals surface area contributed by atoms with Crippen LogP contribution in [0.4, 0.5) is 11.4 Å². The average molecular weight is 610 g/mol. The largest absolute Gasteiger partial charge is 0.497 e. The van der Waals surface area contributed by atoms with Crippen molar-refractivity contribution in [3.05, 3.63) is 129 Å². The van der Waals surface area contributed by atoms with Gasteiger partial charge in [-0.15, -0.1) is 0 Å². The molecular weight excluding hydrogens is 579 g/mol. The number of benzene rings is 4. The smallest absolute Gasteiger partial charge is 0.171 e. The molecule has 0 spiro atoms. The Kier molecular flexibility index (Phi) is 9.65. The van der Waals surface area contributed by atoms with Crippen LogP contribution in [0.25, 0.3) is 12.2 Å². The number of halogens is 2. The van der Waals surface area contributed by atoms with Crippen LogP contribution in [0, 0.1) is 0 Å². The summed E-state index contributed by atoms with van der Waals surface area (Å²) in [5, 5.41) is -1.14. The van der Waals surface area contributed by atoms with Crippen molar-refractivity contribution in [2.24, 2.45) is 0 Å². The van der Waals surface area contributed by atoms with Gasteiger partial charge in [-0.2, -0.15) is 0 Å². The first-order chi connectivity index (χ1) is 19.6. The second-order valence-corrected chi connectivity index (χ2v) is 12.3. The Bertz CT molecular complexity index is 1550. The zero-order valence-corrected chi connectivity index (χ0v) is 24.8. The number of nitrogen functional groups attached to an aromatic ring is 2. The number of nitrogens with two attached hydrogens (primary N) is 2. The minimum atomic E-state index is -4.00. The van der Waals surface area contributed by atoms with Crippen molar-refractivity contribution in [2.45, 2.75) is 10.5 Å². The van der Waals surface area contributed by atoms with Gasteiger partial charge in [-0.1, -0.05) is 71.8 Å². The monoisotopic (exact) mass is 608 g/mol. The van der Waals surface area contributed by atoms with E-state index in [0.717, 1.165) is 0 Å². The van der Waals surface area contributed by atoms with Crippen molar-refractivity contribution in [2.75, 3.05) is 25.7 Å². The molecule has 0 heterocycles. The van der Waals surface area contributed by atoms with Crippen LogP contribution >= 0.6 is 23.2 Å². The van der Waals surface area contributed by atoms with Crippen molar-refractivity contribution in [1.29, 1.82) is 0 Å². The summed E-state index contributed by atoms with van der Waals surface area (Å²) in [5.41, 5.74) is 15.6. The Morgan fingerprint density at radius 2 is 1.00 bits per heavy atom. The lowest BCUT2D eigenvalue weighted by molar-refractivity contribution is 0.414. The molecule has 4 N–H and O–H groups in total. The van der Waals surface area contributed by atoms with E-state index in [9.17, 15) is 8.42 Å². The number of hydrogen-bond acceptors (Lipinski definition) is 6. The zero-order valence-electron chi connectivity index (χ0n) is 22.5. The van der Waals surface area contributed by atoms with Crippen LogP contribution in [-0.4, -0.2) is 22.6 Å². The summed E-state index contributed by atoms with van der Waals surface area (Å²) in [5.74, 6) is 1.21. The van der Waals surface area contributed by atoms with Crippen molar-refractivity contribution in [1.82, 2.24) is 0 Å². The van der Waals surface area contributed by atoms with Gasteiger partial charge in [-0.3, -0.25) is 0 Å². The predicted octanol–water partition coefficient (Wildman–Crippen LogP) is 7.80. The van der Waals surface area contributed by atoms with Gasteiger partial charge in [0.05, 0.1) is 14.2 Å². The third kappa shape index (κ3) is 7.24. The summed E-state index contributed by atoms with van der Waals surface area (Å²) in [6.07, 6.45) is 6.60. The molecule has 0 aliphatic carbocycles. The van der Waals surface area contributed by atoms with E-state index in [1.165, 1.54) is 0 Å². The van der Waals surface area contributed by atoms with E-state index in [1.807, 2.05) is 0 Å². The highest BCUT2D eigenvalue weighted by molar-refractivity contribution is 7.92. The quantitative estimate of drug-likeness (QED) is 0.178. The molecule has 2 atom stereocenters. The minimum Gasteiger partial charge on any atom is -0.497 e. The molecule has 0 aliphatic rings. The lowest BCUT2D eigenvalue weighted by Crippen LogP contribution is -2.19. The number of anilines is 2. The standard InChI is InChI=1S/C32H30Cl2N2O4S/c1-39-27-11-3-21(4-12-27)31(17-7-23-19-25(33)9-15-29(23)35)41(37,38)32(22-5-13-28(40-2)14-6-22)18-8-24-20-26(34)10-16-30(24)36/h3-20,31-32H,35-36H2,1-2H3. The van der Waals surface area contributed by atoms with E-state index in [-0.39, 0.29) is 0 Å². The summed E-state index contributed by atoms with van der Waals surface area (Å²) in [6.45, 7) is 0. The first-order valence-corrected chi connectivity index (χ1v) is 15.0. The molecule has 0 radical (unpaired) electrons. The first-order valence-electron chi connectivity index (χ1n) is 12.6. The molecule has 0 saturated heterocycles. The number of ether oxygens (including phenoxy) is 2. The summed E-state index contributed by atoms with van der Waals surface area (Å²) < 4.78 is 39.8. The summed E-state index contributed by atoms with van der Waals surface area (Å²) in [7, 11) is -0.892. The molecule has 0 saturated carbocycles. The average Bonchev–Trinajstić information content (AvgIpc) is 2.97. The Morgan fingerprint density at radius 1 is 0.634 bits per heavy atom. The van der Waals surface area contributed by atoms with Crippen LogP contribution in [0.5, 0.6) is 11.5 Å². The Labute approximate surface area is 250 Å². The first kappa shape index (κ1) is 30.1. The van der Waals surface area contributed by atoms with Gasteiger partial charge >= 0.3 is 0 Å². The van der Waals surface area contributed by atoms with Gasteiger partial charge in [-0.25, -0.2) is 8.42 Å². The van der Waals surface area contributed by atoms with Crippen molar-refractivity contribution in [3.63, 3.8) is 0 Å². The van der Waals surface area contributed by atoms with E-state index in [1.54, 1.807) is 123 Å². The normalized spacial score (nSPS) is 13.4. The van der Waals surface area contributed by atoms with E-state index in [4.69, 9.17) is 44.1 Å². The second kappa shape index (κ2) is 13.2. The van der Waals surface area contributed by atoms with Crippen molar-refractivity contribution < 1.29 is 17.9 Å². The Morgan fingerprint density at radius 3 is 1.34 bits per heavy atom. The third-order valence-corrected chi connectivity index (χ3v) is 9.34. The molecule has 4 aromatic carbocycles. The van der Waals surface area contributed by atoms with Crippen LogP contribution in [0.1, 0.15) is 32.8 Å². The fourth-order valence-electron chi connectivity index (χ4n) is 4.33. The molecule has 0 aliphatic heterocycles. The van der Waals surface area contributed by atoms with Crippen LogP contribution in [0.15, 0.2) is 97.1 Å². The topological polar surface area (TPSA) is 105 Å². The molecule has 2 unspecified atom stereocenters. The van der Waals surface area contributed by atoms with Crippen LogP contribution in [0.2, 0.25) is 10.0 Å². The zero-order chi connectivity index (χ0) is 29.6. The summed E-state index contributed by atoms with van der Waals surface area (Å²) >= 11 is 12.4. The fraction of sp³-hybridized carbons (Fsp3) is 0.125. The molecule has 0 aromatic heterocycles. The molecule has 9 heteroatoms. The molecule has 4 rings (SSSR count). The number of methoxy groups -OCH3 is 2. The highest BCUT2D eigenvalue weighted by Crippen LogP contribution is 2.39. The van der Waals surface area contributed by atoms with Gasteiger partial charge < -0.3 is 20.9 Å². The molecular formula is C32H30Cl2N2O4S. The molecule has 4 aromatic rings. The van der Waals surface area contributed by atoms with Crippen LogP contribution in [-0.2, 0) is 9.84 Å². The van der Waals surface area contributed by atoms with Gasteiger partial charge in [0.15, 0.2) is 9.84 Å². The summed E-state index contributed by atoms with van der Waals surface area (Å²) in [6, 6.07) is 23.9. The van der Waals surface area contributed by atoms with Crippen LogP contribution < -0.4 is 20.9 Å². The maximum Gasteiger partial charge on any atom is 0.171 e. The Balaban J connectivity index is 1.87. The van der Waals surface area contributed by atoms with Crippen molar-refractivity contribution in [3.8, 4) is 11.5 Å². The van der Waals surface area contributed by atoms with Crippen LogP contribution in [0.3, 0.4) is 0 Å². The van der Waals surface area contributed by atoms with Crippen molar-refractivity contribution >= 4 is 56.6 Å². The SMILES string of the molecule is COc1ccc(C(C=Cc2cc(Cl)ccc2N)S(=O)(=O)C(C=Cc2cc(Cl)ccc2N)c2ccc(OC)cc2)cc1. The molecule has 0 bridgehead atoms. The number of hydrogen-bond donors (Lipinski definition) is 2. The number of rotatable bonds is 10. The molecule has 0 fully saturated rings. The maximum absolute atomic E-state index is 14.6. The molecule has 6 nitrogen and oxygen atoms in total. The molecule has 41 heavy (non-hydrogen) atoms. The molecule has 212 valence electrons. The fourth-order valence-corrected chi connectivity index (χ4v) is 6.67. The minimum absolute atomic E-state index is 0.472. The van der Waals surface area contributed by atoms with Gasteiger partial charge in [0.25, 0.3) is 0 Å². The van der Waals surface area contributed by atoms with E-state index < -0.39 is 20.3 Å². The maximum atomic E-state index is 14.6. The highest BCUT2D eigenvalue weighted by atomic mass is 35.5. The van der Waals surface area contributed by atoms with Gasteiger partial charge in [0, 0.05) is 21.4 Å². The lowest BCUT2D eigenvalue weighted by Gasteiger charge is -2.22. The highest BCUT2D eigenvalue weighted by Gasteiger charge is 2.33. The van der Waals surface area contributed by atoms with E-state index >= 15 is 0 Å².